The molecule has 0 saturated carbocycles. The molecule has 0 aliphatic rings. The van der Waals surface area contributed by atoms with Gasteiger partial charge in [-0.15, -0.1) is 10.2 Å². The minimum Gasteiger partial charge on any atom is -0.481 e. The molecular formula is C17H14ClN3O2S. The van der Waals surface area contributed by atoms with Crippen molar-refractivity contribution >= 4 is 29.3 Å². The highest BCUT2D eigenvalue weighted by atomic mass is 35.5. The zero-order chi connectivity index (χ0) is 17.1. The maximum Gasteiger partial charge on any atom is 0.313 e. The molecule has 1 heterocycles. The Balaban J connectivity index is 2.09. The van der Waals surface area contributed by atoms with Gasteiger partial charge in [0.15, 0.2) is 11.0 Å². The van der Waals surface area contributed by atoms with Crippen molar-refractivity contribution in [3.05, 3.63) is 59.1 Å². The SMILES string of the molecule is Cc1ccc(-n2c(SCC(=O)O)nnc2-c2ccc(Cl)cc2)cc1. The first-order chi connectivity index (χ1) is 11.5. The number of carbonyl (C=O) groups is 1. The lowest BCUT2D eigenvalue weighted by molar-refractivity contribution is -0.133. The van der Waals surface area contributed by atoms with Crippen LogP contribution in [0.5, 0.6) is 0 Å². The molecule has 0 aliphatic carbocycles. The Hall–Kier alpha value is -2.31. The second-order valence-electron chi connectivity index (χ2n) is 5.17. The maximum absolute atomic E-state index is 10.9. The van der Waals surface area contributed by atoms with E-state index in [1.54, 1.807) is 12.1 Å². The summed E-state index contributed by atoms with van der Waals surface area (Å²) in [7, 11) is 0. The minimum atomic E-state index is -0.897. The normalized spacial score (nSPS) is 10.8. The highest BCUT2D eigenvalue weighted by Gasteiger charge is 2.17. The number of carboxylic acid groups (broad SMARTS) is 1. The molecule has 0 bridgehead atoms. The number of nitrogens with zero attached hydrogens (tertiary/aromatic N) is 3. The molecule has 0 fully saturated rings. The van der Waals surface area contributed by atoms with Gasteiger partial charge in [-0.05, 0) is 43.3 Å². The van der Waals surface area contributed by atoms with Crippen LogP contribution in [0.4, 0.5) is 0 Å². The van der Waals surface area contributed by atoms with E-state index in [0.717, 1.165) is 28.6 Å². The fraction of sp³-hybridized carbons (Fsp3) is 0.118. The lowest BCUT2D eigenvalue weighted by atomic mass is 10.2. The van der Waals surface area contributed by atoms with Gasteiger partial charge in [0.2, 0.25) is 0 Å². The van der Waals surface area contributed by atoms with Gasteiger partial charge in [0.05, 0.1) is 5.75 Å². The van der Waals surface area contributed by atoms with Crippen molar-refractivity contribution < 1.29 is 9.90 Å². The number of halogens is 1. The molecule has 3 aromatic rings. The molecule has 0 aliphatic heterocycles. The second kappa shape index (κ2) is 7.07. The third-order valence-corrected chi connectivity index (χ3v) is 4.52. The van der Waals surface area contributed by atoms with Crippen molar-refractivity contribution in [2.24, 2.45) is 0 Å². The van der Waals surface area contributed by atoms with Gasteiger partial charge in [0.1, 0.15) is 0 Å². The van der Waals surface area contributed by atoms with Gasteiger partial charge < -0.3 is 5.11 Å². The molecule has 5 nitrogen and oxygen atoms in total. The minimum absolute atomic E-state index is 0.0788. The number of aryl methyl sites for hydroxylation is 1. The summed E-state index contributed by atoms with van der Waals surface area (Å²) in [5.41, 5.74) is 2.87. The Morgan fingerprint density at radius 1 is 1.12 bits per heavy atom. The van der Waals surface area contributed by atoms with E-state index in [1.165, 1.54) is 0 Å². The Morgan fingerprint density at radius 3 is 2.42 bits per heavy atom. The van der Waals surface area contributed by atoms with Crippen LogP contribution in [-0.2, 0) is 4.79 Å². The monoisotopic (exact) mass is 359 g/mol. The van der Waals surface area contributed by atoms with Crippen LogP contribution in [0, 0.1) is 6.92 Å². The number of aliphatic carboxylic acids is 1. The quantitative estimate of drug-likeness (QED) is 0.695. The van der Waals surface area contributed by atoms with Gasteiger partial charge in [-0.3, -0.25) is 9.36 Å². The first-order valence-corrected chi connectivity index (χ1v) is 8.54. The fourth-order valence-corrected chi connectivity index (χ4v) is 3.00. The lowest BCUT2D eigenvalue weighted by Gasteiger charge is -2.10. The maximum atomic E-state index is 10.9. The van der Waals surface area contributed by atoms with Crippen LogP contribution >= 0.6 is 23.4 Å². The summed E-state index contributed by atoms with van der Waals surface area (Å²) in [6.07, 6.45) is 0. The number of thioether (sulfide) groups is 1. The Morgan fingerprint density at radius 2 is 1.79 bits per heavy atom. The summed E-state index contributed by atoms with van der Waals surface area (Å²) in [6, 6.07) is 15.2. The summed E-state index contributed by atoms with van der Waals surface area (Å²) < 4.78 is 1.86. The molecule has 2 aromatic carbocycles. The largest absolute Gasteiger partial charge is 0.481 e. The van der Waals surface area contributed by atoms with Gasteiger partial charge in [-0.2, -0.15) is 0 Å². The number of hydrogen-bond acceptors (Lipinski definition) is 4. The second-order valence-corrected chi connectivity index (χ2v) is 6.55. The van der Waals surface area contributed by atoms with Crippen LogP contribution in [0.3, 0.4) is 0 Å². The third-order valence-electron chi connectivity index (χ3n) is 3.35. The average Bonchev–Trinajstić information content (AvgIpc) is 2.98. The van der Waals surface area contributed by atoms with Crippen LogP contribution in [-0.4, -0.2) is 31.6 Å². The summed E-state index contributed by atoms with van der Waals surface area (Å²) in [5, 5.41) is 18.5. The highest BCUT2D eigenvalue weighted by molar-refractivity contribution is 7.99. The molecule has 3 rings (SSSR count). The van der Waals surface area contributed by atoms with E-state index in [-0.39, 0.29) is 5.75 Å². The molecule has 0 atom stereocenters. The highest BCUT2D eigenvalue weighted by Crippen LogP contribution is 2.28. The first-order valence-electron chi connectivity index (χ1n) is 7.17. The molecule has 24 heavy (non-hydrogen) atoms. The number of rotatable bonds is 5. The van der Waals surface area contributed by atoms with Gasteiger partial charge >= 0.3 is 5.97 Å². The fourth-order valence-electron chi connectivity index (χ4n) is 2.20. The van der Waals surface area contributed by atoms with Crippen molar-refractivity contribution in [3.8, 4) is 17.1 Å². The van der Waals surface area contributed by atoms with E-state index >= 15 is 0 Å². The molecule has 7 heteroatoms. The van der Waals surface area contributed by atoms with Crippen LogP contribution in [0.25, 0.3) is 17.1 Å². The molecule has 122 valence electrons. The van der Waals surface area contributed by atoms with E-state index in [9.17, 15) is 4.79 Å². The summed E-state index contributed by atoms with van der Waals surface area (Å²) in [5.74, 6) is -0.333. The molecule has 0 radical (unpaired) electrons. The molecule has 1 aromatic heterocycles. The van der Waals surface area contributed by atoms with Crippen molar-refractivity contribution in [1.82, 2.24) is 14.8 Å². The molecule has 0 amide bonds. The van der Waals surface area contributed by atoms with E-state index < -0.39 is 5.97 Å². The topological polar surface area (TPSA) is 68.0 Å². The zero-order valence-electron chi connectivity index (χ0n) is 12.8. The molecule has 0 spiro atoms. The van der Waals surface area contributed by atoms with Gasteiger partial charge in [-0.25, -0.2) is 0 Å². The van der Waals surface area contributed by atoms with Crippen LogP contribution in [0.2, 0.25) is 5.02 Å². The zero-order valence-corrected chi connectivity index (χ0v) is 14.4. The van der Waals surface area contributed by atoms with E-state index in [2.05, 4.69) is 10.2 Å². The number of aromatic nitrogens is 3. The van der Waals surface area contributed by atoms with Crippen molar-refractivity contribution in [2.75, 3.05) is 5.75 Å². The van der Waals surface area contributed by atoms with Crippen LogP contribution in [0.1, 0.15) is 5.56 Å². The van der Waals surface area contributed by atoms with Crippen LogP contribution in [0.15, 0.2) is 53.7 Å². The van der Waals surface area contributed by atoms with Crippen molar-refractivity contribution in [3.63, 3.8) is 0 Å². The molecular weight excluding hydrogens is 346 g/mol. The standard InChI is InChI=1S/C17H14ClN3O2S/c1-11-2-8-14(9-3-11)21-16(12-4-6-13(18)7-5-12)19-20-17(21)24-10-15(22)23/h2-9H,10H2,1H3,(H,22,23). The van der Waals surface area contributed by atoms with Gasteiger partial charge in [-0.1, -0.05) is 41.1 Å². The molecule has 0 saturated heterocycles. The number of carboxylic acids is 1. The predicted molar refractivity (Wildman–Crippen MR) is 94.9 cm³/mol. The summed E-state index contributed by atoms with van der Waals surface area (Å²) in [6.45, 7) is 2.01. The van der Waals surface area contributed by atoms with E-state index in [1.807, 2.05) is 47.9 Å². The van der Waals surface area contributed by atoms with Gasteiger partial charge in [0.25, 0.3) is 0 Å². The number of hydrogen-bond donors (Lipinski definition) is 1. The lowest BCUT2D eigenvalue weighted by Crippen LogP contribution is -2.03. The molecule has 1 N–H and O–H groups in total. The number of benzene rings is 2. The predicted octanol–water partition coefficient (Wildman–Crippen LogP) is 4.07. The molecule has 0 unspecified atom stereocenters. The van der Waals surface area contributed by atoms with Crippen molar-refractivity contribution in [1.29, 1.82) is 0 Å². The van der Waals surface area contributed by atoms with E-state index in [0.29, 0.717) is 16.0 Å². The smallest absolute Gasteiger partial charge is 0.313 e. The summed E-state index contributed by atoms with van der Waals surface area (Å²) in [4.78, 5) is 10.9. The van der Waals surface area contributed by atoms with Crippen molar-refractivity contribution in [2.45, 2.75) is 12.1 Å². The Labute approximate surface area is 148 Å². The van der Waals surface area contributed by atoms with E-state index in [4.69, 9.17) is 16.7 Å². The first kappa shape index (κ1) is 16.5. The third kappa shape index (κ3) is 3.60. The Kier molecular flexibility index (Phi) is 4.87. The average molecular weight is 360 g/mol. The van der Waals surface area contributed by atoms with Crippen LogP contribution < -0.4 is 0 Å². The summed E-state index contributed by atoms with van der Waals surface area (Å²) >= 11 is 7.09. The Bertz CT molecular complexity index is 861. The van der Waals surface area contributed by atoms with Gasteiger partial charge in [0, 0.05) is 16.3 Å².